The maximum Gasteiger partial charge on any atom is 0.249 e. The smallest absolute Gasteiger partial charge is 0.249 e. The van der Waals surface area contributed by atoms with Crippen LogP contribution in [0.4, 0.5) is 0 Å². The van der Waals surface area contributed by atoms with Crippen LogP contribution in [0.1, 0.15) is 11.6 Å². The van der Waals surface area contributed by atoms with E-state index in [1.165, 1.54) is 11.0 Å². The second-order valence-electron chi connectivity index (χ2n) is 5.20. The molecular weight excluding hydrogens is 358 g/mol. The molecule has 0 radical (unpaired) electrons. The predicted octanol–water partition coefficient (Wildman–Crippen LogP) is 2.82. The van der Waals surface area contributed by atoms with Crippen LogP contribution in [0.5, 0.6) is 0 Å². The topological polar surface area (TPSA) is 72.7 Å². The number of rotatable bonds is 7. The summed E-state index contributed by atoms with van der Waals surface area (Å²) in [7, 11) is 0. The number of carbonyl (C=O) groups is 1. The molecule has 0 fully saturated rings. The van der Waals surface area contributed by atoms with Crippen molar-refractivity contribution in [2.24, 2.45) is 0 Å². The van der Waals surface area contributed by atoms with E-state index in [9.17, 15) is 4.79 Å². The molecule has 1 atom stereocenters. The highest BCUT2D eigenvalue weighted by Gasteiger charge is 2.23. The number of thioether (sulfide) groups is 1. The number of nitrogens with zero attached hydrogens (tertiary/aromatic N) is 4. The highest BCUT2D eigenvalue weighted by atomic mass is 35.5. The van der Waals surface area contributed by atoms with Gasteiger partial charge in [0, 0.05) is 22.2 Å². The molecule has 0 aliphatic rings. The third kappa shape index (κ3) is 4.80. The standard InChI is InChI=1S/C17H16ClN5OS/c18-14-6-8-15(9-7-14)25-11-10-19-17(24)16(23-12-20-21-22-23)13-4-2-1-3-5-13/h1-9,12,16H,10-11H2,(H,19,24). The van der Waals surface area contributed by atoms with E-state index in [1.807, 2.05) is 54.6 Å². The van der Waals surface area contributed by atoms with Crippen LogP contribution in [-0.4, -0.2) is 38.4 Å². The zero-order chi connectivity index (χ0) is 17.5. The van der Waals surface area contributed by atoms with Crippen LogP contribution < -0.4 is 5.32 Å². The molecule has 0 aliphatic carbocycles. The van der Waals surface area contributed by atoms with Gasteiger partial charge in [-0.15, -0.1) is 16.9 Å². The summed E-state index contributed by atoms with van der Waals surface area (Å²) < 4.78 is 1.46. The summed E-state index contributed by atoms with van der Waals surface area (Å²) in [5.74, 6) is 0.611. The lowest BCUT2D eigenvalue weighted by molar-refractivity contribution is -0.123. The third-order valence-corrected chi connectivity index (χ3v) is 4.74. The highest BCUT2D eigenvalue weighted by Crippen LogP contribution is 2.20. The Bertz CT molecular complexity index is 796. The Morgan fingerprint density at radius 2 is 1.92 bits per heavy atom. The van der Waals surface area contributed by atoms with Crippen LogP contribution >= 0.6 is 23.4 Å². The number of aromatic nitrogens is 4. The molecule has 0 aliphatic heterocycles. The molecule has 0 saturated heterocycles. The monoisotopic (exact) mass is 373 g/mol. The van der Waals surface area contributed by atoms with E-state index in [-0.39, 0.29) is 5.91 Å². The average molecular weight is 374 g/mol. The molecule has 3 aromatic rings. The molecule has 0 spiro atoms. The van der Waals surface area contributed by atoms with Gasteiger partial charge in [-0.2, -0.15) is 0 Å². The van der Waals surface area contributed by atoms with Gasteiger partial charge in [0.2, 0.25) is 5.91 Å². The molecule has 128 valence electrons. The van der Waals surface area contributed by atoms with Gasteiger partial charge in [0.25, 0.3) is 0 Å². The van der Waals surface area contributed by atoms with Gasteiger partial charge in [-0.05, 0) is 40.3 Å². The summed E-state index contributed by atoms with van der Waals surface area (Å²) in [5.41, 5.74) is 0.831. The van der Waals surface area contributed by atoms with Gasteiger partial charge in [-0.1, -0.05) is 41.9 Å². The first kappa shape index (κ1) is 17.4. The Morgan fingerprint density at radius 3 is 2.60 bits per heavy atom. The summed E-state index contributed by atoms with van der Waals surface area (Å²) >= 11 is 7.53. The molecule has 1 unspecified atom stereocenters. The molecular formula is C17H16ClN5OS. The Kier molecular flexibility index (Phi) is 6.03. The van der Waals surface area contributed by atoms with E-state index < -0.39 is 6.04 Å². The third-order valence-electron chi connectivity index (χ3n) is 3.48. The van der Waals surface area contributed by atoms with E-state index in [0.717, 1.165) is 16.2 Å². The lowest BCUT2D eigenvalue weighted by atomic mass is 10.1. The van der Waals surface area contributed by atoms with E-state index in [2.05, 4.69) is 20.8 Å². The Morgan fingerprint density at radius 1 is 1.16 bits per heavy atom. The molecule has 8 heteroatoms. The summed E-state index contributed by atoms with van der Waals surface area (Å²) in [5, 5.41) is 14.8. The number of hydrogen-bond acceptors (Lipinski definition) is 5. The largest absolute Gasteiger partial charge is 0.353 e. The van der Waals surface area contributed by atoms with Gasteiger partial charge in [0.05, 0.1) is 0 Å². The van der Waals surface area contributed by atoms with Crippen molar-refractivity contribution in [2.45, 2.75) is 10.9 Å². The second kappa shape index (κ2) is 8.64. The van der Waals surface area contributed by atoms with Crippen LogP contribution in [0.25, 0.3) is 0 Å². The van der Waals surface area contributed by atoms with Gasteiger partial charge in [0.15, 0.2) is 6.04 Å². The summed E-state index contributed by atoms with van der Waals surface area (Å²) in [4.78, 5) is 13.8. The van der Waals surface area contributed by atoms with Crippen LogP contribution in [0.15, 0.2) is 65.8 Å². The number of hydrogen-bond donors (Lipinski definition) is 1. The van der Waals surface area contributed by atoms with Crippen molar-refractivity contribution < 1.29 is 4.79 Å². The molecule has 0 saturated carbocycles. The molecule has 1 N–H and O–H groups in total. The minimum absolute atomic E-state index is 0.143. The molecule has 2 aromatic carbocycles. The summed E-state index contributed by atoms with van der Waals surface area (Å²) in [6.45, 7) is 0.539. The fraction of sp³-hybridized carbons (Fsp3) is 0.176. The number of amides is 1. The lowest BCUT2D eigenvalue weighted by Crippen LogP contribution is -2.35. The van der Waals surface area contributed by atoms with Gasteiger partial charge in [-0.25, -0.2) is 4.68 Å². The normalized spacial score (nSPS) is 11.9. The number of tetrazole rings is 1. The van der Waals surface area contributed by atoms with E-state index in [4.69, 9.17) is 11.6 Å². The van der Waals surface area contributed by atoms with E-state index in [1.54, 1.807) is 11.8 Å². The van der Waals surface area contributed by atoms with Crippen molar-refractivity contribution in [3.8, 4) is 0 Å². The molecule has 25 heavy (non-hydrogen) atoms. The lowest BCUT2D eigenvalue weighted by Gasteiger charge is -2.16. The van der Waals surface area contributed by atoms with Crippen LogP contribution in [-0.2, 0) is 4.79 Å². The second-order valence-corrected chi connectivity index (χ2v) is 6.80. The van der Waals surface area contributed by atoms with Crippen molar-refractivity contribution in [2.75, 3.05) is 12.3 Å². The van der Waals surface area contributed by atoms with Crippen LogP contribution in [0.3, 0.4) is 0 Å². The van der Waals surface area contributed by atoms with E-state index >= 15 is 0 Å². The molecule has 6 nitrogen and oxygen atoms in total. The maximum absolute atomic E-state index is 12.6. The zero-order valence-electron chi connectivity index (χ0n) is 13.2. The first-order valence-corrected chi connectivity index (χ1v) is 9.04. The van der Waals surface area contributed by atoms with Crippen molar-refractivity contribution >= 4 is 29.3 Å². The molecule has 3 rings (SSSR count). The fourth-order valence-corrected chi connectivity index (χ4v) is 3.21. The summed E-state index contributed by atoms with van der Waals surface area (Å²) in [6.07, 6.45) is 1.44. The van der Waals surface area contributed by atoms with E-state index in [0.29, 0.717) is 11.6 Å². The van der Waals surface area contributed by atoms with Crippen molar-refractivity contribution in [3.05, 3.63) is 71.5 Å². The van der Waals surface area contributed by atoms with Crippen LogP contribution in [0, 0.1) is 0 Å². The van der Waals surface area contributed by atoms with Crippen molar-refractivity contribution in [1.82, 2.24) is 25.5 Å². The quantitative estimate of drug-likeness (QED) is 0.509. The van der Waals surface area contributed by atoms with Crippen molar-refractivity contribution in [3.63, 3.8) is 0 Å². The SMILES string of the molecule is O=C(NCCSc1ccc(Cl)cc1)C(c1ccccc1)n1cnnn1. The first-order chi connectivity index (χ1) is 12.2. The maximum atomic E-state index is 12.6. The summed E-state index contributed by atoms with van der Waals surface area (Å²) in [6, 6.07) is 16.5. The van der Waals surface area contributed by atoms with Gasteiger partial charge in [0.1, 0.15) is 6.33 Å². The molecule has 1 heterocycles. The van der Waals surface area contributed by atoms with Gasteiger partial charge >= 0.3 is 0 Å². The molecule has 1 amide bonds. The first-order valence-electron chi connectivity index (χ1n) is 7.67. The van der Waals surface area contributed by atoms with Crippen molar-refractivity contribution in [1.29, 1.82) is 0 Å². The molecule has 1 aromatic heterocycles. The fourth-order valence-electron chi connectivity index (χ4n) is 2.32. The Balaban J connectivity index is 1.58. The highest BCUT2D eigenvalue weighted by molar-refractivity contribution is 7.99. The number of nitrogens with one attached hydrogen (secondary N) is 1. The number of carbonyl (C=O) groups excluding carboxylic acids is 1. The number of halogens is 1. The van der Waals surface area contributed by atoms with Crippen LogP contribution in [0.2, 0.25) is 5.02 Å². The molecule has 0 bridgehead atoms. The van der Waals surface area contributed by atoms with Gasteiger partial charge < -0.3 is 5.32 Å². The van der Waals surface area contributed by atoms with Gasteiger partial charge in [-0.3, -0.25) is 4.79 Å². The predicted molar refractivity (Wildman–Crippen MR) is 97.6 cm³/mol. The Hall–Kier alpha value is -2.38. The minimum atomic E-state index is -0.586. The average Bonchev–Trinajstić information content (AvgIpc) is 3.15. The minimum Gasteiger partial charge on any atom is -0.353 e. The number of benzene rings is 2. The zero-order valence-corrected chi connectivity index (χ0v) is 14.8. The Labute approximate surface area is 154 Å².